The van der Waals surface area contributed by atoms with Crippen LogP contribution in [0.1, 0.15) is 31.7 Å². The first kappa shape index (κ1) is 15.8. The van der Waals surface area contributed by atoms with Crippen molar-refractivity contribution in [3.63, 3.8) is 0 Å². The molecular formula is C16H21ClN2O2. The number of hydrogen-bond acceptors (Lipinski definition) is 2. The lowest BCUT2D eigenvalue weighted by Gasteiger charge is -2.16. The van der Waals surface area contributed by atoms with Gasteiger partial charge in [0.15, 0.2) is 0 Å². The highest BCUT2D eigenvalue weighted by molar-refractivity contribution is 6.31. The summed E-state index contributed by atoms with van der Waals surface area (Å²) in [5, 5.41) is 3.47. The fourth-order valence-corrected chi connectivity index (χ4v) is 2.65. The molecule has 1 heterocycles. The Kier molecular flexibility index (Phi) is 5.23. The van der Waals surface area contributed by atoms with E-state index in [-0.39, 0.29) is 17.7 Å². The summed E-state index contributed by atoms with van der Waals surface area (Å²) in [7, 11) is 0. The maximum Gasteiger partial charge on any atom is 0.229 e. The number of likely N-dealkylation sites (tertiary alicyclic amines) is 1. The van der Waals surface area contributed by atoms with Crippen LogP contribution in [0.2, 0.25) is 5.02 Å². The van der Waals surface area contributed by atoms with Crippen LogP contribution in [0.3, 0.4) is 0 Å². The fourth-order valence-electron chi connectivity index (χ4n) is 2.48. The van der Waals surface area contributed by atoms with Gasteiger partial charge in [0.25, 0.3) is 0 Å². The van der Waals surface area contributed by atoms with E-state index >= 15 is 0 Å². The highest BCUT2D eigenvalue weighted by atomic mass is 35.5. The summed E-state index contributed by atoms with van der Waals surface area (Å²) >= 11 is 5.95. The maximum atomic E-state index is 12.3. The molecule has 114 valence electrons. The number of hydrogen-bond donors (Lipinski definition) is 1. The molecule has 1 aliphatic heterocycles. The number of nitrogens with zero attached hydrogens (tertiary/aromatic N) is 1. The van der Waals surface area contributed by atoms with Gasteiger partial charge in [-0.15, -0.1) is 0 Å². The van der Waals surface area contributed by atoms with Gasteiger partial charge in [0.05, 0.1) is 5.92 Å². The molecule has 1 aromatic carbocycles. The third-order valence-corrected chi connectivity index (χ3v) is 4.06. The molecule has 1 atom stereocenters. The number of amides is 2. The monoisotopic (exact) mass is 308 g/mol. The second-order valence-electron chi connectivity index (χ2n) is 5.54. The molecule has 1 saturated heterocycles. The van der Waals surface area contributed by atoms with Crippen LogP contribution in [0.15, 0.2) is 18.2 Å². The van der Waals surface area contributed by atoms with Crippen molar-refractivity contribution < 1.29 is 9.59 Å². The molecule has 0 radical (unpaired) electrons. The molecule has 2 rings (SSSR count). The van der Waals surface area contributed by atoms with Crippen LogP contribution in [0.25, 0.3) is 0 Å². The lowest BCUT2D eigenvalue weighted by molar-refractivity contribution is -0.128. The van der Waals surface area contributed by atoms with Crippen LogP contribution < -0.4 is 5.32 Å². The van der Waals surface area contributed by atoms with Crippen molar-refractivity contribution in [2.24, 2.45) is 5.92 Å². The van der Waals surface area contributed by atoms with Gasteiger partial charge >= 0.3 is 0 Å². The van der Waals surface area contributed by atoms with Gasteiger partial charge in [0.2, 0.25) is 11.8 Å². The SMILES string of the molecule is CCCCN1C[C@@H](C(=O)Nc2cc(Cl)ccc2C)CC1=O. The number of benzene rings is 1. The molecule has 1 aliphatic rings. The number of unbranched alkanes of at least 4 members (excludes halogenated alkanes) is 1. The summed E-state index contributed by atoms with van der Waals surface area (Å²) in [6.45, 7) is 5.27. The normalized spacial score (nSPS) is 18.1. The quantitative estimate of drug-likeness (QED) is 0.908. The van der Waals surface area contributed by atoms with E-state index in [9.17, 15) is 9.59 Å². The van der Waals surface area contributed by atoms with E-state index in [2.05, 4.69) is 12.2 Å². The topological polar surface area (TPSA) is 49.4 Å². The van der Waals surface area contributed by atoms with E-state index in [1.54, 1.807) is 17.0 Å². The van der Waals surface area contributed by atoms with Crippen LogP contribution in [-0.4, -0.2) is 29.8 Å². The fraction of sp³-hybridized carbons (Fsp3) is 0.500. The molecule has 0 aliphatic carbocycles. The van der Waals surface area contributed by atoms with Gasteiger partial charge in [-0.3, -0.25) is 9.59 Å². The molecule has 0 unspecified atom stereocenters. The Bertz CT molecular complexity index is 545. The van der Waals surface area contributed by atoms with Gasteiger partial charge < -0.3 is 10.2 Å². The zero-order valence-corrected chi connectivity index (χ0v) is 13.2. The first-order valence-electron chi connectivity index (χ1n) is 7.36. The average molecular weight is 309 g/mol. The van der Waals surface area contributed by atoms with Crippen molar-refractivity contribution >= 4 is 29.1 Å². The number of carbonyl (C=O) groups excluding carboxylic acids is 2. The summed E-state index contributed by atoms with van der Waals surface area (Å²) in [5.41, 5.74) is 1.67. The second kappa shape index (κ2) is 6.94. The Hall–Kier alpha value is -1.55. The van der Waals surface area contributed by atoms with Crippen molar-refractivity contribution in [3.05, 3.63) is 28.8 Å². The second-order valence-corrected chi connectivity index (χ2v) is 5.98. The molecule has 0 aromatic heterocycles. The number of anilines is 1. The summed E-state index contributed by atoms with van der Waals surface area (Å²) in [5.74, 6) is -0.299. The van der Waals surface area contributed by atoms with E-state index in [1.807, 2.05) is 13.0 Å². The summed E-state index contributed by atoms with van der Waals surface area (Å²) < 4.78 is 0. The number of carbonyl (C=O) groups is 2. The van der Waals surface area contributed by atoms with Crippen molar-refractivity contribution in [1.29, 1.82) is 0 Å². The van der Waals surface area contributed by atoms with E-state index in [0.717, 1.165) is 24.9 Å². The van der Waals surface area contributed by atoms with Crippen molar-refractivity contribution in [1.82, 2.24) is 4.90 Å². The Morgan fingerprint density at radius 2 is 2.24 bits per heavy atom. The molecule has 1 fully saturated rings. The number of aryl methyl sites for hydroxylation is 1. The molecule has 5 heteroatoms. The molecule has 4 nitrogen and oxygen atoms in total. The number of rotatable bonds is 5. The third-order valence-electron chi connectivity index (χ3n) is 3.82. The molecule has 21 heavy (non-hydrogen) atoms. The first-order valence-corrected chi connectivity index (χ1v) is 7.74. The van der Waals surface area contributed by atoms with Gasteiger partial charge in [0.1, 0.15) is 0 Å². The Morgan fingerprint density at radius 3 is 2.95 bits per heavy atom. The van der Waals surface area contributed by atoms with E-state index in [0.29, 0.717) is 23.7 Å². The highest BCUT2D eigenvalue weighted by Crippen LogP contribution is 2.24. The largest absolute Gasteiger partial charge is 0.342 e. The minimum Gasteiger partial charge on any atom is -0.342 e. The van der Waals surface area contributed by atoms with Crippen LogP contribution in [0.4, 0.5) is 5.69 Å². The summed E-state index contributed by atoms with van der Waals surface area (Å²) in [4.78, 5) is 26.0. The Morgan fingerprint density at radius 1 is 1.48 bits per heavy atom. The lowest BCUT2D eigenvalue weighted by Crippen LogP contribution is -2.29. The van der Waals surface area contributed by atoms with Crippen molar-refractivity contribution in [3.8, 4) is 0 Å². The molecule has 0 spiro atoms. The molecule has 2 amide bonds. The van der Waals surface area contributed by atoms with Crippen LogP contribution >= 0.6 is 11.6 Å². The highest BCUT2D eigenvalue weighted by Gasteiger charge is 2.33. The zero-order chi connectivity index (χ0) is 15.4. The molecule has 0 bridgehead atoms. The molecule has 1 aromatic rings. The number of halogens is 1. The van der Waals surface area contributed by atoms with E-state index in [4.69, 9.17) is 11.6 Å². The minimum absolute atomic E-state index is 0.0754. The summed E-state index contributed by atoms with van der Waals surface area (Å²) in [6, 6.07) is 5.39. The predicted octanol–water partition coefficient (Wildman–Crippen LogP) is 3.24. The van der Waals surface area contributed by atoms with Crippen LogP contribution in [-0.2, 0) is 9.59 Å². The Labute approximate surface area is 130 Å². The first-order chi connectivity index (χ1) is 10.0. The van der Waals surface area contributed by atoms with Gasteiger partial charge in [-0.1, -0.05) is 31.0 Å². The standard InChI is InChI=1S/C16H21ClN2O2/c1-3-4-7-19-10-12(8-15(19)20)16(21)18-14-9-13(17)6-5-11(14)2/h5-6,9,12H,3-4,7-8,10H2,1-2H3,(H,18,21)/t12-/m0/s1. The molecule has 1 N–H and O–H groups in total. The van der Waals surface area contributed by atoms with Gasteiger partial charge in [-0.2, -0.15) is 0 Å². The third kappa shape index (κ3) is 3.97. The summed E-state index contributed by atoms with van der Waals surface area (Å²) in [6.07, 6.45) is 2.32. The van der Waals surface area contributed by atoms with Crippen molar-refractivity contribution in [2.75, 3.05) is 18.4 Å². The smallest absolute Gasteiger partial charge is 0.229 e. The maximum absolute atomic E-state index is 12.3. The van der Waals surface area contributed by atoms with Gasteiger partial charge in [-0.25, -0.2) is 0 Å². The number of nitrogens with one attached hydrogen (secondary N) is 1. The lowest BCUT2D eigenvalue weighted by atomic mass is 10.1. The van der Waals surface area contributed by atoms with Crippen molar-refractivity contribution in [2.45, 2.75) is 33.1 Å². The Balaban J connectivity index is 1.98. The van der Waals surface area contributed by atoms with Gasteiger partial charge in [-0.05, 0) is 31.0 Å². The van der Waals surface area contributed by atoms with Crippen LogP contribution in [0.5, 0.6) is 0 Å². The predicted molar refractivity (Wildman–Crippen MR) is 84.4 cm³/mol. The van der Waals surface area contributed by atoms with E-state index in [1.165, 1.54) is 0 Å². The molecule has 0 saturated carbocycles. The van der Waals surface area contributed by atoms with E-state index < -0.39 is 0 Å². The zero-order valence-electron chi connectivity index (χ0n) is 12.5. The van der Waals surface area contributed by atoms with Crippen LogP contribution in [0, 0.1) is 12.8 Å². The molecular weight excluding hydrogens is 288 g/mol. The minimum atomic E-state index is -0.271. The average Bonchev–Trinajstić information content (AvgIpc) is 2.82. The van der Waals surface area contributed by atoms with Gasteiger partial charge in [0, 0.05) is 30.2 Å².